The number of carbonyl (C=O) groups excluding carboxylic acids is 1. The highest BCUT2D eigenvalue weighted by Crippen LogP contribution is 2.41. The van der Waals surface area contributed by atoms with Gasteiger partial charge in [-0.1, -0.05) is 24.3 Å². The van der Waals surface area contributed by atoms with Crippen LogP contribution >= 0.6 is 0 Å². The van der Waals surface area contributed by atoms with E-state index in [-0.39, 0.29) is 5.76 Å². The topological polar surface area (TPSA) is 57.5 Å². The van der Waals surface area contributed by atoms with E-state index in [1.165, 1.54) is 6.08 Å². The molecule has 2 aliphatic carbocycles. The first-order chi connectivity index (χ1) is 7.68. The maximum Gasteiger partial charge on any atom is 0.224 e. The van der Waals surface area contributed by atoms with Gasteiger partial charge >= 0.3 is 0 Å². The molecule has 3 heteroatoms. The minimum atomic E-state index is -0.581. The smallest absolute Gasteiger partial charge is 0.224 e. The van der Waals surface area contributed by atoms with Crippen LogP contribution in [0.2, 0.25) is 0 Å². The van der Waals surface area contributed by atoms with Gasteiger partial charge < -0.3 is 10.2 Å². The number of hydrogen-bond donors (Lipinski definition) is 2. The van der Waals surface area contributed by atoms with Crippen LogP contribution in [0.25, 0.3) is 11.6 Å². The van der Waals surface area contributed by atoms with Crippen molar-refractivity contribution in [1.82, 2.24) is 0 Å². The fourth-order valence-electron chi connectivity index (χ4n) is 2.04. The molecule has 0 atom stereocenters. The van der Waals surface area contributed by atoms with Gasteiger partial charge in [0.05, 0.1) is 0 Å². The molecule has 2 aliphatic rings. The van der Waals surface area contributed by atoms with Gasteiger partial charge in [0.25, 0.3) is 0 Å². The third-order valence-corrected chi connectivity index (χ3v) is 2.83. The van der Waals surface area contributed by atoms with Crippen LogP contribution in [0, 0.1) is 0 Å². The molecule has 1 aromatic carbocycles. The van der Waals surface area contributed by atoms with Gasteiger partial charge in [-0.15, -0.1) is 0 Å². The first kappa shape index (κ1) is 8.97. The van der Waals surface area contributed by atoms with Crippen molar-refractivity contribution in [3.05, 3.63) is 58.6 Å². The molecule has 16 heavy (non-hydrogen) atoms. The fraction of sp³-hybridized carbons (Fsp3) is 0. The van der Waals surface area contributed by atoms with Crippen LogP contribution in [-0.4, -0.2) is 16.0 Å². The lowest BCUT2D eigenvalue weighted by Crippen LogP contribution is -2.10. The number of hydrogen-bond acceptors (Lipinski definition) is 3. The van der Waals surface area contributed by atoms with E-state index in [0.29, 0.717) is 11.1 Å². The molecule has 0 saturated heterocycles. The van der Waals surface area contributed by atoms with Gasteiger partial charge in [0, 0.05) is 5.57 Å². The lowest BCUT2D eigenvalue weighted by atomic mass is 9.95. The lowest BCUT2D eigenvalue weighted by molar-refractivity contribution is -0.113. The minimum absolute atomic E-state index is 0.335. The summed E-state index contributed by atoms with van der Waals surface area (Å²) in [7, 11) is 0. The molecule has 0 spiro atoms. The van der Waals surface area contributed by atoms with E-state index >= 15 is 0 Å². The van der Waals surface area contributed by atoms with E-state index in [1.807, 2.05) is 24.3 Å². The first-order valence-corrected chi connectivity index (χ1v) is 4.88. The lowest BCUT2D eigenvalue weighted by Gasteiger charge is -2.12. The summed E-state index contributed by atoms with van der Waals surface area (Å²) in [6.45, 7) is 0. The summed E-state index contributed by atoms with van der Waals surface area (Å²) in [5, 5.41) is 19.1. The van der Waals surface area contributed by atoms with Gasteiger partial charge in [0.2, 0.25) is 11.5 Å². The second-order valence-corrected chi connectivity index (χ2v) is 3.76. The highest BCUT2D eigenvalue weighted by molar-refractivity contribution is 6.16. The van der Waals surface area contributed by atoms with Gasteiger partial charge in [0.15, 0.2) is 5.76 Å². The highest BCUT2D eigenvalue weighted by Gasteiger charge is 2.29. The molecule has 0 heterocycles. The Morgan fingerprint density at radius 3 is 2.44 bits per heavy atom. The van der Waals surface area contributed by atoms with Crippen LogP contribution in [0.15, 0.2) is 47.4 Å². The zero-order valence-electron chi connectivity index (χ0n) is 8.27. The number of allylic oxidation sites excluding steroid dienone is 2. The average molecular weight is 212 g/mol. The summed E-state index contributed by atoms with van der Waals surface area (Å²) in [6, 6.07) is 7.54. The van der Waals surface area contributed by atoms with Crippen molar-refractivity contribution in [1.29, 1.82) is 0 Å². The summed E-state index contributed by atoms with van der Waals surface area (Å²) in [5.74, 6) is -1.47. The molecule has 0 aromatic heterocycles. The number of aliphatic hydroxyl groups is 2. The number of benzene rings is 1. The van der Waals surface area contributed by atoms with Gasteiger partial charge in [-0.2, -0.15) is 0 Å². The molecule has 0 saturated carbocycles. The van der Waals surface area contributed by atoms with Crippen molar-refractivity contribution in [3.63, 3.8) is 0 Å². The molecule has 0 radical (unpaired) electrons. The van der Waals surface area contributed by atoms with Gasteiger partial charge in [0.1, 0.15) is 0 Å². The Kier molecular flexibility index (Phi) is 1.60. The van der Waals surface area contributed by atoms with Gasteiger partial charge in [-0.3, -0.25) is 4.79 Å². The fourth-order valence-corrected chi connectivity index (χ4v) is 2.04. The van der Waals surface area contributed by atoms with E-state index in [1.54, 1.807) is 6.08 Å². The largest absolute Gasteiger partial charge is 0.504 e. The van der Waals surface area contributed by atoms with Crippen molar-refractivity contribution < 1.29 is 15.0 Å². The molecule has 0 unspecified atom stereocenters. The summed E-state index contributed by atoms with van der Waals surface area (Å²) in [5.41, 5.74) is 3.04. The van der Waals surface area contributed by atoms with Gasteiger partial charge in [-0.25, -0.2) is 0 Å². The van der Waals surface area contributed by atoms with E-state index in [0.717, 1.165) is 11.1 Å². The number of rotatable bonds is 0. The van der Waals surface area contributed by atoms with Crippen LogP contribution < -0.4 is 0 Å². The maximum atomic E-state index is 11.4. The molecule has 0 bridgehead atoms. The summed E-state index contributed by atoms with van der Waals surface area (Å²) >= 11 is 0. The van der Waals surface area contributed by atoms with Crippen LogP contribution in [-0.2, 0) is 4.79 Å². The Morgan fingerprint density at radius 1 is 0.875 bits per heavy atom. The average Bonchev–Trinajstić information content (AvgIpc) is 2.65. The zero-order valence-corrected chi connectivity index (χ0v) is 8.27. The van der Waals surface area contributed by atoms with E-state index in [4.69, 9.17) is 0 Å². The Labute approximate surface area is 91.7 Å². The SMILES string of the molecule is O=C1C=C2C(=Cc3ccccc32)C(O)=C1O. The molecule has 0 amide bonds. The van der Waals surface area contributed by atoms with Gasteiger partial charge in [-0.05, 0) is 28.9 Å². The molecule has 0 aliphatic heterocycles. The summed E-state index contributed by atoms with van der Waals surface area (Å²) in [4.78, 5) is 11.4. The maximum absolute atomic E-state index is 11.4. The molecule has 78 valence electrons. The van der Waals surface area contributed by atoms with Crippen LogP contribution in [0.3, 0.4) is 0 Å². The second-order valence-electron chi connectivity index (χ2n) is 3.76. The third-order valence-electron chi connectivity index (χ3n) is 2.83. The van der Waals surface area contributed by atoms with E-state index < -0.39 is 11.5 Å². The summed E-state index contributed by atoms with van der Waals surface area (Å²) in [6.07, 6.45) is 3.12. The molecular formula is C13H8O3. The monoisotopic (exact) mass is 212 g/mol. The first-order valence-electron chi connectivity index (χ1n) is 4.88. The van der Waals surface area contributed by atoms with Crippen LogP contribution in [0.1, 0.15) is 11.1 Å². The van der Waals surface area contributed by atoms with Crippen molar-refractivity contribution in [2.45, 2.75) is 0 Å². The normalized spacial score (nSPS) is 17.9. The molecular weight excluding hydrogens is 204 g/mol. The molecule has 0 fully saturated rings. The number of ketones is 1. The number of aliphatic hydroxyl groups excluding tert-OH is 2. The van der Waals surface area contributed by atoms with Crippen molar-refractivity contribution >= 4 is 17.4 Å². The third kappa shape index (κ3) is 0.997. The van der Waals surface area contributed by atoms with Crippen molar-refractivity contribution in [2.24, 2.45) is 0 Å². The number of fused-ring (bicyclic) bond motifs is 3. The Balaban J connectivity index is 2.28. The van der Waals surface area contributed by atoms with E-state index in [2.05, 4.69) is 0 Å². The van der Waals surface area contributed by atoms with Crippen LogP contribution in [0.4, 0.5) is 0 Å². The minimum Gasteiger partial charge on any atom is -0.504 e. The molecule has 2 N–H and O–H groups in total. The molecule has 3 rings (SSSR count). The Morgan fingerprint density at radius 2 is 1.62 bits per heavy atom. The predicted octanol–water partition coefficient (Wildman–Crippen LogP) is 2.38. The predicted molar refractivity (Wildman–Crippen MR) is 59.7 cm³/mol. The standard InChI is InChI=1S/C13H8O3/c14-11-6-9-8-4-2-1-3-7(8)5-10(9)12(15)13(11)16/h1-6,15-16H. The Hall–Kier alpha value is -2.29. The zero-order chi connectivity index (χ0) is 11.3. The van der Waals surface area contributed by atoms with E-state index in [9.17, 15) is 15.0 Å². The van der Waals surface area contributed by atoms with Crippen molar-refractivity contribution in [2.75, 3.05) is 0 Å². The molecule has 1 aromatic rings. The quantitative estimate of drug-likeness (QED) is 0.694. The Bertz CT molecular complexity index is 603. The number of carbonyl (C=O) groups is 1. The summed E-state index contributed by atoms with van der Waals surface area (Å²) < 4.78 is 0. The second kappa shape index (κ2) is 2.85. The highest BCUT2D eigenvalue weighted by atomic mass is 16.3. The van der Waals surface area contributed by atoms with Crippen molar-refractivity contribution in [3.8, 4) is 0 Å². The molecule has 3 nitrogen and oxygen atoms in total. The van der Waals surface area contributed by atoms with Crippen LogP contribution in [0.5, 0.6) is 0 Å².